The van der Waals surface area contributed by atoms with Crippen LogP contribution in [0.25, 0.3) is 0 Å². The van der Waals surface area contributed by atoms with Gasteiger partial charge in [-0.3, -0.25) is 4.79 Å². The number of nitrogens with zero attached hydrogens (tertiary/aromatic N) is 1. The van der Waals surface area contributed by atoms with Crippen molar-refractivity contribution in [2.24, 2.45) is 11.8 Å². The van der Waals surface area contributed by atoms with Gasteiger partial charge in [0.1, 0.15) is 4.90 Å². The van der Waals surface area contributed by atoms with E-state index in [1.54, 1.807) is 6.07 Å². The van der Waals surface area contributed by atoms with Gasteiger partial charge in [0.2, 0.25) is 10.0 Å². The summed E-state index contributed by atoms with van der Waals surface area (Å²) in [5, 5.41) is 0.153. The molecule has 1 aromatic carbocycles. The first-order valence-corrected chi connectivity index (χ1v) is 11.4. The molecule has 1 saturated heterocycles. The Balaban J connectivity index is 1.53. The van der Waals surface area contributed by atoms with Crippen LogP contribution >= 0.6 is 11.6 Å². The summed E-state index contributed by atoms with van der Waals surface area (Å²) >= 11 is 6.12. The Morgan fingerprint density at radius 1 is 1.08 bits per heavy atom. The normalized spacial score (nSPS) is 26.4. The fourth-order valence-corrected chi connectivity index (χ4v) is 6.12. The van der Waals surface area contributed by atoms with Gasteiger partial charge in [0.15, 0.2) is 0 Å². The Bertz CT molecular complexity index is 807. The molecular formula is C19H25ClN2O3S. The van der Waals surface area contributed by atoms with E-state index in [-0.39, 0.29) is 21.9 Å². The third kappa shape index (κ3) is 3.78. The number of sulfonamides is 1. The van der Waals surface area contributed by atoms with Gasteiger partial charge < -0.3 is 4.90 Å². The molecular weight excluding hydrogens is 372 g/mol. The third-order valence-corrected chi connectivity index (χ3v) is 7.95. The third-order valence-electron chi connectivity index (χ3n) is 5.95. The summed E-state index contributed by atoms with van der Waals surface area (Å²) in [6, 6.07) is 4.58. The van der Waals surface area contributed by atoms with Crippen molar-refractivity contribution >= 4 is 27.5 Å². The van der Waals surface area contributed by atoms with Crippen molar-refractivity contribution in [3.05, 3.63) is 28.8 Å². The molecule has 0 aromatic heterocycles. The molecule has 0 radical (unpaired) electrons. The molecule has 2 saturated carbocycles. The molecule has 0 bridgehead atoms. The van der Waals surface area contributed by atoms with E-state index in [0.29, 0.717) is 11.5 Å². The molecule has 1 aromatic rings. The van der Waals surface area contributed by atoms with Crippen LogP contribution in [0.3, 0.4) is 0 Å². The van der Waals surface area contributed by atoms with Crippen molar-refractivity contribution in [2.75, 3.05) is 13.1 Å². The molecule has 1 amide bonds. The number of hydrogen-bond acceptors (Lipinski definition) is 3. The summed E-state index contributed by atoms with van der Waals surface area (Å²) in [7, 11) is -3.69. The average Bonchev–Trinajstić information content (AvgIpc) is 3.44. The minimum atomic E-state index is -3.69. The second kappa shape index (κ2) is 7.13. The Kier molecular flexibility index (Phi) is 5.01. The highest BCUT2D eigenvalue weighted by atomic mass is 35.5. The summed E-state index contributed by atoms with van der Waals surface area (Å²) in [6.07, 6.45) is 7.79. The van der Waals surface area contributed by atoms with E-state index in [1.807, 2.05) is 4.90 Å². The largest absolute Gasteiger partial charge is 0.338 e. The number of rotatable bonds is 4. The Labute approximate surface area is 160 Å². The second-order valence-electron chi connectivity index (χ2n) is 7.89. The predicted molar refractivity (Wildman–Crippen MR) is 101 cm³/mol. The van der Waals surface area contributed by atoms with Gasteiger partial charge in [-0.1, -0.05) is 30.9 Å². The number of fused-ring (bicyclic) bond motifs is 1. The minimum absolute atomic E-state index is 0.000698. The summed E-state index contributed by atoms with van der Waals surface area (Å²) < 4.78 is 27.7. The molecule has 2 aliphatic carbocycles. The first-order chi connectivity index (χ1) is 12.4. The van der Waals surface area contributed by atoms with Crippen LogP contribution in [0, 0.1) is 11.8 Å². The molecule has 3 aliphatic rings. The number of amides is 1. The lowest BCUT2D eigenvalue weighted by Crippen LogP contribution is -2.44. The van der Waals surface area contributed by atoms with Crippen LogP contribution in [-0.2, 0) is 10.0 Å². The molecule has 0 spiro atoms. The predicted octanol–water partition coefficient (Wildman–Crippen LogP) is 3.43. The number of hydrogen-bond donors (Lipinski definition) is 1. The molecule has 2 atom stereocenters. The second-order valence-corrected chi connectivity index (χ2v) is 9.97. The molecule has 5 nitrogen and oxygen atoms in total. The van der Waals surface area contributed by atoms with Crippen molar-refractivity contribution in [1.29, 1.82) is 0 Å². The van der Waals surface area contributed by atoms with Gasteiger partial charge in [0.25, 0.3) is 5.91 Å². The van der Waals surface area contributed by atoms with E-state index in [9.17, 15) is 13.2 Å². The molecule has 1 aliphatic heterocycles. The number of benzene rings is 1. The molecule has 1 heterocycles. The molecule has 26 heavy (non-hydrogen) atoms. The number of nitrogens with one attached hydrogen (secondary N) is 1. The van der Waals surface area contributed by atoms with E-state index in [2.05, 4.69) is 4.72 Å². The monoisotopic (exact) mass is 396 g/mol. The van der Waals surface area contributed by atoms with Crippen molar-refractivity contribution in [3.63, 3.8) is 0 Å². The van der Waals surface area contributed by atoms with Gasteiger partial charge in [-0.25, -0.2) is 13.1 Å². The number of piperidine rings is 1. The maximum absolute atomic E-state index is 13.0. The lowest BCUT2D eigenvalue weighted by Gasteiger charge is -2.41. The molecule has 0 unspecified atom stereocenters. The van der Waals surface area contributed by atoms with Gasteiger partial charge in [-0.15, -0.1) is 0 Å². The standard InChI is InChI=1S/C19H25ClN2O3S/c20-17-8-5-14(11-18(17)26(24,25)21-16-6-7-16)19(23)22-10-9-13-3-1-2-4-15(13)12-22/h5,8,11,13,15-16,21H,1-4,6-7,9-10,12H2/t13-,15-/m1/s1. The van der Waals surface area contributed by atoms with Crippen LogP contribution in [0.2, 0.25) is 5.02 Å². The first-order valence-electron chi connectivity index (χ1n) is 9.55. The minimum Gasteiger partial charge on any atom is -0.338 e. The van der Waals surface area contributed by atoms with E-state index in [0.717, 1.165) is 38.3 Å². The lowest BCUT2D eigenvalue weighted by atomic mass is 9.75. The zero-order valence-electron chi connectivity index (χ0n) is 14.8. The Morgan fingerprint density at radius 2 is 1.81 bits per heavy atom. The molecule has 3 fully saturated rings. The quantitative estimate of drug-likeness (QED) is 0.847. The summed E-state index contributed by atoms with van der Waals surface area (Å²) in [4.78, 5) is 14.9. The Hall–Kier alpha value is -1.11. The molecule has 7 heteroatoms. The molecule has 1 N–H and O–H groups in total. The van der Waals surface area contributed by atoms with E-state index in [1.165, 1.54) is 37.8 Å². The number of carbonyl (C=O) groups is 1. The van der Waals surface area contributed by atoms with Gasteiger partial charge in [0.05, 0.1) is 5.02 Å². The van der Waals surface area contributed by atoms with E-state index in [4.69, 9.17) is 11.6 Å². The lowest BCUT2D eigenvalue weighted by molar-refractivity contribution is 0.0520. The summed E-state index contributed by atoms with van der Waals surface area (Å²) in [5.74, 6) is 1.25. The van der Waals surface area contributed by atoms with Gasteiger partial charge in [-0.05, 0) is 55.7 Å². The fourth-order valence-electron chi connectivity index (χ4n) is 4.29. The number of halogens is 1. The Morgan fingerprint density at radius 3 is 2.54 bits per heavy atom. The van der Waals surface area contributed by atoms with Crippen LogP contribution in [0.1, 0.15) is 55.3 Å². The van der Waals surface area contributed by atoms with Crippen LogP contribution in [-0.4, -0.2) is 38.4 Å². The zero-order valence-corrected chi connectivity index (χ0v) is 16.4. The molecule has 4 rings (SSSR count). The van der Waals surface area contributed by atoms with Gasteiger partial charge in [-0.2, -0.15) is 0 Å². The number of likely N-dealkylation sites (tertiary alicyclic amines) is 1. The smallest absolute Gasteiger partial charge is 0.253 e. The zero-order chi connectivity index (χ0) is 18.3. The van der Waals surface area contributed by atoms with Crippen LogP contribution in [0.5, 0.6) is 0 Å². The van der Waals surface area contributed by atoms with Gasteiger partial charge >= 0.3 is 0 Å². The van der Waals surface area contributed by atoms with Crippen LogP contribution < -0.4 is 4.72 Å². The highest BCUT2D eigenvalue weighted by Gasteiger charge is 2.34. The molecule has 142 valence electrons. The maximum atomic E-state index is 13.0. The van der Waals surface area contributed by atoms with E-state index >= 15 is 0 Å². The van der Waals surface area contributed by atoms with Gasteiger partial charge in [0, 0.05) is 24.7 Å². The van der Waals surface area contributed by atoms with Crippen molar-refractivity contribution in [1.82, 2.24) is 9.62 Å². The highest BCUT2D eigenvalue weighted by Crippen LogP contribution is 2.36. The summed E-state index contributed by atoms with van der Waals surface area (Å²) in [5.41, 5.74) is 0.403. The van der Waals surface area contributed by atoms with Crippen LogP contribution in [0.15, 0.2) is 23.1 Å². The summed E-state index contributed by atoms with van der Waals surface area (Å²) in [6.45, 7) is 1.54. The SMILES string of the molecule is O=C(c1ccc(Cl)c(S(=O)(=O)NC2CC2)c1)N1CC[C@H]2CCCC[C@@H]2C1. The van der Waals surface area contributed by atoms with Crippen molar-refractivity contribution < 1.29 is 13.2 Å². The van der Waals surface area contributed by atoms with Crippen LogP contribution in [0.4, 0.5) is 0 Å². The highest BCUT2D eigenvalue weighted by molar-refractivity contribution is 7.89. The van der Waals surface area contributed by atoms with E-state index < -0.39 is 10.0 Å². The van der Waals surface area contributed by atoms with Crippen molar-refractivity contribution in [3.8, 4) is 0 Å². The average molecular weight is 397 g/mol. The first kappa shape index (κ1) is 18.3. The fraction of sp³-hybridized carbons (Fsp3) is 0.632. The number of carbonyl (C=O) groups excluding carboxylic acids is 1. The maximum Gasteiger partial charge on any atom is 0.253 e. The van der Waals surface area contributed by atoms with Crippen molar-refractivity contribution in [2.45, 2.75) is 55.9 Å². The topological polar surface area (TPSA) is 66.5 Å².